The van der Waals surface area contributed by atoms with Gasteiger partial charge in [-0.15, -0.1) is 0 Å². The quantitative estimate of drug-likeness (QED) is 0.848. The fourth-order valence-corrected chi connectivity index (χ4v) is 2.73. The molecule has 0 aliphatic carbocycles. The van der Waals surface area contributed by atoms with Crippen molar-refractivity contribution in [2.75, 3.05) is 7.05 Å². The van der Waals surface area contributed by atoms with Crippen LogP contribution in [0.5, 0.6) is 0 Å². The van der Waals surface area contributed by atoms with Crippen LogP contribution in [0.15, 0.2) is 42.1 Å². The van der Waals surface area contributed by atoms with E-state index in [0.717, 1.165) is 11.1 Å². The molecule has 5 nitrogen and oxygen atoms in total. The third kappa shape index (κ3) is 4.42. The smallest absolute Gasteiger partial charge is 0.236 e. The van der Waals surface area contributed by atoms with Crippen LogP contribution in [0.2, 0.25) is 5.02 Å². The van der Waals surface area contributed by atoms with Crippen LogP contribution in [0.1, 0.15) is 11.1 Å². The molecular weight excluding hydrogens is 310 g/mol. The second-order valence-corrected chi connectivity index (χ2v) is 7.04. The van der Waals surface area contributed by atoms with Crippen molar-refractivity contribution >= 4 is 27.7 Å². The zero-order valence-corrected chi connectivity index (χ0v) is 13.3. The molecule has 1 aromatic carbocycles. The van der Waals surface area contributed by atoms with Crippen molar-refractivity contribution in [3.05, 3.63) is 58.2 Å². The largest absolute Gasteiger partial charge is 0.275 e. The van der Waals surface area contributed by atoms with Crippen LogP contribution in [0.25, 0.3) is 6.08 Å². The molecule has 0 fully saturated rings. The lowest BCUT2D eigenvalue weighted by Gasteiger charge is -2.13. The molecule has 2 aromatic rings. The summed E-state index contributed by atoms with van der Waals surface area (Å²) in [6, 6.07) is 6.95. The summed E-state index contributed by atoms with van der Waals surface area (Å²) in [5.41, 5.74) is 1.61. The van der Waals surface area contributed by atoms with E-state index in [2.05, 4.69) is 5.10 Å². The van der Waals surface area contributed by atoms with Gasteiger partial charge >= 0.3 is 0 Å². The average Bonchev–Trinajstić information content (AvgIpc) is 2.83. The highest BCUT2D eigenvalue weighted by Gasteiger charge is 2.15. The second-order valence-electron chi connectivity index (χ2n) is 4.68. The molecule has 0 saturated heterocycles. The van der Waals surface area contributed by atoms with Crippen molar-refractivity contribution < 1.29 is 8.42 Å². The van der Waals surface area contributed by atoms with Crippen molar-refractivity contribution in [3.8, 4) is 0 Å². The van der Waals surface area contributed by atoms with Gasteiger partial charge in [0, 0.05) is 42.8 Å². The lowest BCUT2D eigenvalue weighted by atomic mass is 10.2. The number of nitrogens with zero attached hydrogens (tertiary/aromatic N) is 3. The number of aromatic nitrogens is 2. The Balaban J connectivity index is 2.08. The highest BCUT2D eigenvalue weighted by molar-refractivity contribution is 7.92. The van der Waals surface area contributed by atoms with E-state index in [1.807, 2.05) is 0 Å². The van der Waals surface area contributed by atoms with E-state index < -0.39 is 10.0 Å². The topological polar surface area (TPSA) is 55.2 Å². The van der Waals surface area contributed by atoms with Crippen LogP contribution < -0.4 is 0 Å². The van der Waals surface area contributed by atoms with Crippen LogP contribution in [0, 0.1) is 0 Å². The van der Waals surface area contributed by atoms with Gasteiger partial charge in [0.15, 0.2) is 0 Å². The molecule has 0 atom stereocenters. The first-order valence-corrected chi connectivity index (χ1v) is 8.12. The summed E-state index contributed by atoms with van der Waals surface area (Å²) < 4.78 is 27.2. The minimum atomic E-state index is -3.47. The third-order valence-corrected chi connectivity index (χ3v) is 4.63. The summed E-state index contributed by atoms with van der Waals surface area (Å²) in [7, 11) is -0.148. The standard InChI is InChI=1S/C14H16ClN3O2S/c1-17-10-13(9-16-17)11-18(2)21(19,20)8-7-12-3-5-14(15)6-4-12/h3-10H,11H2,1-2H3/b8-7+. The highest BCUT2D eigenvalue weighted by atomic mass is 35.5. The van der Waals surface area contributed by atoms with Gasteiger partial charge in [0.25, 0.3) is 0 Å². The normalized spacial score (nSPS) is 12.4. The number of benzene rings is 1. The fraction of sp³-hybridized carbons (Fsp3) is 0.214. The molecule has 0 aliphatic heterocycles. The minimum absolute atomic E-state index is 0.279. The Labute approximate surface area is 129 Å². The maximum Gasteiger partial charge on any atom is 0.236 e. The van der Waals surface area contributed by atoms with Crippen LogP contribution in [-0.4, -0.2) is 29.6 Å². The monoisotopic (exact) mass is 325 g/mol. The molecular formula is C14H16ClN3O2S. The summed E-state index contributed by atoms with van der Waals surface area (Å²) in [5, 5.41) is 5.82. The highest BCUT2D eigenvalue weighted by Crippen LogP contribution is 2.13. The Bertz CT molecular complexity index is 736. The summed E-state index contributed by atoms with van der Waals surface area (Å²) in [4.78, 5) is 0. The van der Waals surface area contributed by atoms with Crippen molar-refractivity contribution in [3.63, 3.8) is 0 Å². The van der Waals surface area contributed by atoms with Crippen LogP contribution in [0.3, 0.4) is 0 Å². The Morgan fingerprint density at radius 2 is 2.00 bits per heavy atom. The third-order valence-electron chi connectivity index (χ3n) is 2.90. The molecule has 0 bridgehead atoms. The second kappa shape index (κ2) is 6.43. The summed E-state index contributed by atoms with van der Waals surface area (Å²) in [6.45, 7) is 0.279. The minimum Gasteiger partial charge on any atom is -0.275 e. The van der Waals surface area contributed by atoms with Gasteiger partial charge in [-0.05, 0) is 23.8 Å². The molecule has 0 radical (unpaired) electrons. The Hall–Kier alpha value is -1.63. The molecule has 1 aromatic heterocycles. The molecule has 112 valence electrons. The van der Waals surface area contributed by atoms with Gasteiger partial charge < -0.3 is 0 Å². The zero-order valence-electron chi connectivity index (χ0n) is 11.8. The lowest BCUT2D eigenvalue weighted by Crippen LogP contribution is -2.24. The van der Waals surface area contributed by atoms with E-state index >= 15 is 0 Å². The zero-order chi connectivity index (χ0) is 15.5. The van der Waals surface area contributed by atoms with Gasteiger partial charge in [0.05, 0.1) is 6.20 Å². The SMILES string of the molecule is CN(Cc1cnn(C)c1)S(=O)(=O)/C=C/c1ccc(Cl)cc1. The van der Waals surface area contributed by atoms with Gasteiger partial charge in [-0.2, -0.15) is 9.40 Å². The molecule has 1 heterocycles. The van der Waals surface area contributed by atoms with Crippen LogP contribution in [0.4, 0.5) is 0 Å². The number of halogens is 1. The molecule has 0 unspecified atom stereocenters. The Morgan fingerprint density at radius 3 is 2.57 bits per heavy atom. The van der Waals surface area contributed by atoms with Crippen molar-refractivity contribution in [1.82, 2.24) is 14.1 Å². The molecule has 0 amide bonds. The molecule has 0 saturated carbocycles. The van der Waals surface area contributed by atoms with Gasteiger partial charge in [0.2, 0.25) is 10.0 Å². The number of rotatable bonds is 5. The Morgan fingerprint density at radius 1 is 1.33 bits per heavy atom. The Kier molecular flexibility index (Phi) is 4.82. The van der Waals surface area contributed by atoms with E-state index in [-0.39, 0.29) is 6.54 Å². The van der Waals surface area contributed by atoms with Crippen molar-refractivity contribution in [1.29, 1.82) is 0 Å². The number of hydrogen-bond acceptors (Lipinski definition) is 3. The fourth-order valence-electron chi connectivity index (χ4n) is 1.74. The first-order valence-electron chi connectivity index (χ1n) is 6.24. The predicted octanol–water partition coefficient (Wildman–Crippen LogP) is 2.51. The van der Waals surface area contributed by atoms with E-state index in [4.69, 9.17) is 11.6 Å². The van der Waals surface area contributed by atoms with Crippen LogP contribution in [-0.2, 0) is 23.6 Å². The lowest BCUT2D eigenvalue weighted by molar-refractivity contribution is 0.475. The van der Waals surface area contributed by atoms with E-state index in [0.29, 0.717) is 5.02 Å². The average molecular weight is 326 g/mol. The van der Waals surface area contributed by atoms with Gasteiger partial charge in [-0.25, -0.2) is 8.42 Å². The predicted molar refractivity (Wildman–Crippen MR) is 84.1 cm³/mol. The first kappa shape index (κ1) is 15.8. The van der Waals surface area contributed by atoms with E-state index in [1.165, 1.54) is 16.8 Å². The summed E-state index contributed by atoms with van der Waals surface area (Å²) in [6.07, 6.45) is 4.98. The maximum atomic E-state index is 12.2. The van der Waals surface area contributed by atoms with E-state index in [9.17, 15) is 8.42 Å². The molecule has 2 rings (SSSR count). The van der Waals surface area contributed by atoms with E-state index in [1.54, 1.807) is 54.5 Å². The maximum absolute atomic E-state index is 12.2. The summed E-state index contributed by atoms with van der Waals surface area (Å²) in [5.74, 6) is 0. The molecule has 0 N–H and O–H groups in total. The number of hydrogen-bond donors (Lipinski definition) is 0. The van der Waals surface area contributed by atoms with Gasteiger partial charge in [0.1, 0.15) is 0 Å². The van der Waals surface area contributed by atoms with Gasteiger partial charge in [-0.1, -0.05) is 23.7 Å². The number of aryl methyl sites for hydroxylation is 1. The first-order chi connectivity index (χ1) is 9.87. The molecule has 7 heteroatoms. The molecule has 21 heavy (non-hydrogen) atoms. The molecule has 0 aliphatic rings. The number of sulfonamides is 1. The van der Waals surface area contributed by atoms with Crippen molar-refractivity contribution in [2.45, 2.75) is 6.54 Å². The molecule has 0 spiro atoms. The van der Waals surface area contributed by atoms with Crippen LogP contribution >= 0.6 is 11.6 Å². The van der Waals surface area contributed by atoms with Crippen molar-refractivity contribution in [2.24, 2.45) is 7.05 Å². The summed E-state index contributed by atoms with van der Waals surface area (Å²) >= 11 is 5.79. The van der Waals surface area contributed by atoms with Gasteiger partial charge in [-0.3, -0.25) is 4.68 Å².